The van der Waals surface area contributed by atoms with Gasteiger partial charge in [-0.3, -0.25) is 0 Å². The Balaban J connectivity index is 2.07. The minimum atomic E-state index is 0.240. The summed E-state index contributed by atoms with van der Waals surface area (Å²) in [6.45, 7) is 3.41. The average Bonchev–Trinajstić information content (AvgIpc) is 2.30. The van der Waals surface area contributed by atoms with Crippen LogP contribution < -0.4 is 10.2 Å². The Morgan fingerprint density at radius 1 is 1.69 bits per heavy atom. The Kier molecular flexibility index (Phi) is 4.30. The summed E-state index contributed by atoms with van der Waals surface area (Å²) >= 11 is 2.27. The van der Waals surface area contributed by atoms with Gasteiger partial charge in [0.05, 0.1) is 16.3 Å². The number of anilines is 1. The first kappa shape index (κ1) is 12.0. The van der Waals surface area contributed by atoms with Gasteiger partial charge in [0, 0.05) is 25.8 Å². The molecule has 1 N–H and O–H groups in total. The summed E-state index contributed by atoms with van der Waals surface area (Å²) in [5, 5.41) is 3.14. The Morgan fingerprint density at radius 2 is 2.56 bits per heavy atom. The third kappa shape index (κ3) is 2.80. The van der Waals surface area contributed by atoms with E-state index in [4.69, 9.17) is 4.74 Å². The van der Waals surface area contributed by atoms with Crippen LogP contribution in [-0.2, 0) is 4.74 Å². The largest absolute Gasteiger partial charge is 0.373 e. The number of ether oxygens (including phenoxy) is 1. The highest BCUT2D eigenvalue weighted by Gasteiger charge is 2.22. The van der Waals surface area contributed by atoms with Crippen molar-refractivity contribution in [1.82, 2.24) is 15.3 Å². The molecule has 0 amide bonds. The van der Waals surface area contributed by atoms with E-state index in [1.807, 2.05) is 13.2 Å². The zero-order valence-corrected chi connectivity index (χ0v) is 11.3. The fourth-order valence-electron chi connectivity index (χ4n) is 1.80. The lowest BCUT2D eigenvalue weighted by Gasteiger charge is -2.34. The number of nitrogens with one attached hydrogen (secondary N) is 1. The molecule has 1 atom stereocenters. The molecule has 88 valence electrons. The van der Waals surface area contributed by atoms with Gasteiger partial charge in [-0.15, -0.1) is 0 Å². The minimum absolute atomic E-state index is 0.240. The summed E-state index contributed by atoms with van der Waals surface area (Å²) in [5.41, 5.74) is 0. The number of morpholine rings is 1. The van der Waals surface area contributed by atoms with Gasteiger partial charge in [0.15, 0.2) is 0 Å². The first-order valence-electron chi connectivity index (χ1n) is 5.28. The monoisotopic (exact) mass is 334 g/mol. The van der Waals surface area contributed by atoms with Crippen molar-refractivity contribution in [2.45, 2.75) is 6.10 Å². The van der Waals surface area contributed by atoms with Crippen molar-refractivity contribution >= 4 is 28.4 Å². The number of aromatic nitrogens is 2. The zero-order chi connectivity index (χ0) is 11.4. The van der Waals surface area contributed by atoms with Gasteiger partial charge in [-0.1, -0.05) is 0 Å². The van der Waals surface area contributed by atoms with Crippen LogP contribution in [0.15, 0.2) is 12.5 Å². The smallest absolute Gasteiger partial charge is 0.145 e. The Labute approximate surface area is 109 Å². The fraction of sp³-hybridized carbons (Fsp3) is 0.600. The number of likely N-dealkylation sites (N-methyl/N-ethyl adjacent to an activating group) is 1. The molecule has 16 heavy (non-hydrogen) atoms. The lowest BCUT2D eigenvalue weighted by Crippen LogP contribution is -2.46. The summed E-state index contributed by atoms with van der Waals surface area (Å²) in [4.78, 5) is 10.6. The normalized spacial score (nSPS) is 21.1. The summed E-state index contributed by atoms with van der Waals surface area (Å²) in [6, 6.07) is 0. The van der Waals surface area contributed by atoms with E-state index in [-0.39, 0.29) is 6.10 Å². The minimum Gasteiger partial charge on any atom is -0.373 e. The van der Waals surface area contributed by atoms with Crippen molar-refractivity contribution in [3.05, 3.63) is 16.1 Å². The SMILES string of the molecule is CNCC1CN(c2ncncc2I)CCO1. The van der Waals surface area contributed by atoms with E-state index in [9.17, 15) is 0 Å². The van der Waals surface area contributed by atoms with Gasteiger partial charge in [0.2, 0.25) is 0 Å². The number of hydrogen-bond acceptors (Lipinski definition) is 5. The lowest BCUT2D eigenvalue weighted by molar-refractivity contribution is 0.0418. The molecule has 2 heterocycles. The summed E-state index contributed by atoms with van der Waals surface area (Å²) in [6.07, 6.45) is 3.68. The molecule has 6 heteroatoms. The Hall–Kier alpha value is -0.470. The summed E-state index contributed by atoms with van der Waals surface area (Å²) in [5.74, 6) is 1.01. The van der Waals surface area contributed by atoms with Crippen molar-refractivity contribution in [3.63, 3.8) is 0 Å². The van der Waals surface area contributed by atoms with Gasteiger partial charge in [-0.25, -0.2) is 9.97 Å². The molecule has 1 unspecified atom stereocenters. The first-order valence-corrected chi connectivity index (χ1v) is 6.36. The fourth-order valence-corrected chi connectivity index (χ4v) is 2.44. The molecule has 1 aliphatic rings. The van der Waals surface area contributed by atoms with Gasteiger partial charge >= 0.3 is 0 Å². The molecule has 1 saturated heterocycles. The van der Waals surface area contributed by atoms with E-state index in [1.54, 1.807) is 6.33 Å². The predicted octanol–water partition coefficient (Wildman–Crippen LogP) is 0.506. The van der Waals surface area contributed by atoms with Crippen molar-refractivity contribution in [2.24, 2.45) is 0 Å². The molecule has 0 aromatic carbocycles. The third-order valence-corrected chi connectivity index (χ3v) is 3.28. The third-order valence-electron chi connectivity index (χ3n) is 2.52. The molecule has 1 aromatic rings. The van der Waals surface area contributed by atoms with Crippen LogP contribution in [-0.4, -0.2) is 49.4 Å². The van der Waals surface area contributed by atoms with Crippen LogP contribution in [0, 0.1) is 3.57 Å². The van der Waals surface area contributed by atoms with Crippen LogP contribution in [0.25, 0.3) is 0 Å². The number of rotatable bonds is 3. The molecule has 1 aromatic heterocycles. The van der Waals surface area contributed by atoms with E-state index in [2.05, 4.69) is 42.8 Å². The molecular weight excluding hydrogens is 319 g/mol. The molecular formula is C10H15IN4O. The van der Waals surface area contributed by atoms with E-state index in [0.717, 1.165) is 35.6 Å². The maximum absolute atomic E-state index is 5.66. The molecule has 0 saturated carbocycles. The van der Waals surface area contributed by atoms with Gasteiger partial charge in [0.1, 0.15) is 12.1 Å². The van der Waals surface area contributed by atoms with Gasteiger partial charge in [-0.2, -0.15) is 0 Å². The number of halogens is 1. The number of hydrogen-bond donors (Lipinski definition) is 1. The molecule has 0 spiro atoms. The first-order chi connectivity index (χ1) is 7.81. The highest BCUT2D eigenvalue weighted by molar-refractivity contribution is 14.1. The predicted molar refractivity (Wildman–Crippen MR) is 70.6 cm³/mol. The second kappa shape index (κ2) is 5.74. The quantitative estimate of drug-likeness (QED) is 0.817. The van der Waals surface area contributed by atoms with Crippen molar-refractivity contribution < 1.29 is 4.74 Å². The summed E-state index contributed by atoms with van der Waals surface area (Å²) < 4.78 is 6.75. The van der Waals surface area contributed by atoms with Crippen molar-refractivity contribution in [3.8, 4) is 0 Å². The highest BCUT2D eigenvalue weighted by Crippen LogP contribution is 2.20. The van der Waals surface area contributed by atoms with Crippen molar-refractivity contribution in [2.75, 3.05) is 38.2 Å². The average molecular weight is 334 g/mol. The van der Waals surface area contributed by atoms with Crippen molar-refractivity contribution in [1.29, 1.82) is 0 Å². The molecule has 1 aliphatic heterocycles. The van der Waals surface area contributed by atoms with Crippen LogP contribution in [0.1, 0.15) is 0 Å². The standard InChI is InChI=1S/C10H15IN4O/c1-12-4-8-6-15(2-3-16-8)10-9(11)5-13-7-14-10/h5,7-8,12H,2-4,6H2,1H3. The molecule has 0 radical (unpaired) electrons. The molecule has 5 nitrogen and oxygen atoms in total. The Bertz CT molecular complexity index is 347. The molecule has 1 fully saturated rings. The van der Waals surface area contributed by atoms with E-state index < -0.39 is 0 Å². The lowest BCUT2D eigenvalue weighted by atomic mass is 10.2. The maximum Gasteiger partial charge on any atom is 0.145 e. The molecule has 0 aliphatic carbocycles. The van der Waals surface area contributed by atoms with E-state index >= 15 is 0 Å². The second-order valence-corrected chi connectivity index (χ2v) is 4.85. The van der Waals surface area contributed by atoms with Crippen LogP contribution in [0.3, 0.4) is 0 Å². The number of nitrogens with zero attached hydrogens (tertiary/aromatic N) is 3. The van der Waals surface area contributed by atoms with Crippen LogP contribution in [0.4, 0.5) is 5.82 Å². The van der Waals surface area contributed by atoms with Crippen LogP contribution >= 0.6 is 22.6 Å². The van der Waals surface area contributed by atoms with E-state index in [1.165, 1.54) is 0 Å². The summed E-state index contributed by atoms with van der Waals surface area (Å²) in [7, 11) is 1.94. The van der Waals surface area contributed by atoms with Gasteiger partial charge in [-0.05, 0) is 29.6 Å². The second-order valence-electron chi connectivity index (χ2n) is 3.69. The molecule has 0 bridgehead atoms. The van der Waals surface area contributed by atoms with Crippen LogP contribution in [0.5, 0.6) is 0 Å². The molecule has 2 rings (SSSR count). The Morgan fingerprint density at radius 3 is 3.31 bits per heavy atom. The van der Waals surface area contributed by atoms with E-state index in [0.29, 0.717) is 0 Å². The zero-order valence-electron chi connectivity index (χ0n) is 9.19. The van der Waals surface area contributed by atoms with Gasteiger partial charge < -0.3 is 15.0 Å². The highest BCUT2D eigenvalue weighted by atomic mass is 127. The van der Waals surface area contributed by atoms with Gasteiger partial charge in [0.25, 0.3) is 0 Å². The topological polar surface area (TPSA) is 50.3 Å². The van der Waals surface area contributed by atoms with Crippen LogP contribution in [0.2, 0.25) is 0 Å². The maximum atomic E-state index is 5.66.